The van der Waals surface area contributed by atoms with E-state index < -0.39 is 0 Å². The normalized spacial score (nSPS) is 11.8. The van der Waals surface area contributed by atoms with Gasteiger partial charge < -0.3 is 5.73 Å². The predicted octanol–water partition coefficient (Wildman–Crippen LogP) is 2.82. The van der Waals surface area contributed by atoms with Crippen LogP contribution in [0, 0.1) is 5.82 Å². The molecule has 0 aliphatic heterocycles. The van der Waals surface area contributed by atoms with E-state index in [2.05, 4.69) is 20.9 Å². The largest absolute Gasteiger partial charge is 0.386 e. The number of hydrogen-bond donors (Lipinski definition) is 1. The van der Waals surface area contributed by atoms with Crippen LogP contribution in [0.1, 0.15) is 0 Å². The van der Waals surface area contributed by atoms with Crippen molar-refractivity contribution in [1.29, 1.82) is 0 Å². The Bertz CT molecular complexity index is 341. The summed E-state index contributed by atoms with van der Waals surface area (Å²) >= 11 is 8.64. The standard InChI is InChI=1S/C8H7BrClFN2/c9-6-2-1-5(11)3-7(6)13-8(12)4-10/h1-3H,4H2,(H2,12,13). The molecule has 0 unspecified atom stereocenters. The van der Waals surface area contributed by atoms with Crippen LogP contribution in [-0.2, 0) is 0 Å². The van der Waals surface area contributed by atoms with Crippen molar-refractivity contribution in [2.24, 2.45) is 10.7 Å². The molecule has 0 saturated carbocycles. The number of amidine groups is 1. The van der Waals surface area contributed by atoms with E-state index in [1.54, 1.807) is 6.07 Å². The maximum absolute atomic E-state index is 12.7. The first-order chi connectivity index (χ1) is 6.13. The molecule has 13 heavy (non-hydrogen) atoms. The van der Waals surface area contributed by atoms with Crippen LogP contribution in [0.5, 0.6) is 0 Å². The Kier molecular flexibility index (Phi) is 3.69. The lowest BCUT2D eigenvalue weighted by atomic mass is 10.3. The third-order valence-electron chi connectivity index (χ3n) is 1.31. The summed E-state index contributed by atoms with van der Waals surface area (Å²) in [5, 5.41) is 0. The van der Waals surface area contributed by atoms with Gasteiger partial charge in [-0.3, -0.25) is 0 Å². The Morgan fingerprint density at radius 1 is 1.62 bits per heavy atom. The minimum atomic E-state index is -0.357. The molecule has 0 radical (unpaired) electrons. The summed E-state index contributed by atoms with van der Waals surface area (Å²) in [5.41, 5.74) is 5.84. The van der Waals surface area contributed by atoms with E-state index in [9.17, 15) is 4.39 Å². The number of rotatable bonds is 2. The van der Waals surface area contributed by atoms with Crippen LogP contribution in [0.2, 0.25) is 0 Å². The van der Waals surface area contributed by atoms with Crippen LogP contribution in [0.15, 0.2) is 27.7 Å². The highest BCUT2D eigenvalue weighted by Crippen LogP contribution is 2.25. The molecule has 5 heteroatoms. The van der Waals surface area contributed by atoms with Crippen molar-refractivity contribution in [3.8, 4) is 0 Å². The molecule has 0 heterocycles. The summed E-state index contributed by atoms with van der Waals surface area (Å²) in [6, 6.07) is 4.18. The fraction of sp³-hybridized carbons (Fsp3) is 0.125. The van der Waals surface area contributed by atoms with Crippen LogP contribution in [0.25, 0.3) is 0 Å². The summed E-state index contributed by atoms with van der Waals surface area (Å²) in [7, 11) is 0. The van der Waals surface area contributed by atoms with Gasteiger partial charge in [0.25, 0.3) is 0 Å². The molecule has 2 nitrogen and oxygen atoms in total. The van der Waals surface area contributed by atoms with Crippen molar-refractivity contribution < 1.29 is 4.39 Å². The molecule has 70 valence electrons. The van der Waals surface area contributed by atoms with Gasteiger partial charge in [0.05, 0.1) is 11.6 Å². The predicted molar refractivity (Wildman–Crippen MR) is 56.1 cm³/mol. The third-order valence-corrected chi connectivity index (χ3v) is 2.25. The van der Waals surface area contributed by atoms with E-state index in [0.717, 1.165) is 0 Å². The highest BCUT2D eigenvalue weighted by atomic mass is 79.9. The molecule has 1 aromatic carbocycles. The average molecular weight is 266 g/mol. The van der Waals surface area contributed by atoms with Gasteiger partial charge in [0, 0.05) is 10.5 Å². The summed E-state index contributed by atoms with van der Waals surface area (Å²) in [6.07, 6.45) is 0. The Morgan fingerprint density at radius 3 is 2.92 bits per heavy atom. The lowest BCUT2D eigenvalue weighted by Gasteiger charge is -1.99. The van der Waals surface area contributed by atoms with Gasteiger partial charge in [0.15, 0.2) is 0 Å². The van der Waals surface area contributed by atoms with Crippen molar-refractivity contribution in [3.05, 3.63) is 28.5 Å². The van der Waals surface area contributed by atoms with Crippen LogP contribution in [0.3, 0.4) is 0 Å². The zero-order chi connectivity index (χ0) is 9.84. The van der Waals surface area contributed by atoms with Gasteiger partial charge in [0.2, 0.25) is 0 Å². The second-order valence-corrected chi connectivity index (χ2v) is 3.45. The van der Waals surface area contributed by atoms with Crippen molar-refractivity contribution in [2.45, 2.75) is 0 Å². The van der Waals surface area contributed by atoms with E-state index in [0.29, 0.717) is 10.2 Å². The van der Waals surface area contributed by atoms with Crippen molar-refractivity contribution >= 4 is 39.1 Å². The maximum atomic E-state index is 12.7. The Balaban J connectivity index is 3.07. The van der Waals surface area contributed by atoms with Gasteiger partial charge in [-0.2, -0.15) is 0 Å². The molecule has 1 rings (SSSR count). The molecule has 0 aromatic heterocycles. The fourth-order valence-corrected chi connectivity index (χ4v) is 1.15. The smallest absolute Gasteiger partial charge is 0.125 e. The van der Waals surface area contributed by atoms with Gasteiger partial charge in [-0.15, -0.1) is 11.6 Å². The summed E-state index contributed by atoms with van der Waals surface area (Å²) < 4.78 is 13.4. The second-order valence-electron chi connectivity index (χ2n) is 2.33. The second kappa shape index (κ2) is 4.58. The topological polar surface area (TPSA) is 38.4 Å². The summed E-state index contributed by atoms with van der Waals surface area (Å²) in [4.78, 5) is 3.91. The molecular formula is C8H7BrClFN2. The summed E-state index contributed by atoms with van der Waals surface area (Å²) in [5.74, 6) is 0.0282. The highest BCUT2D eigenvalue weighted by Gasteiger charge is 2.00. The number of nitrogens with two attached hydrogens (primary N) is 1. The Hall–Kier alpha value is -0.610. The SMILES string of the molecule is NC(CCl)=Nc1cc(F)ccc1Br. The van der Waals surface area contributed by atoms with Crippen molar-refractivity contribution in [1.82, 2.24) is 0 Å². The van der Waals surface area contributed by atoms with E-state index in [4.69, 9.17) is 17.3 Å². The van der Waals surface area contributed by atoms with Gasteiger partial charge in [-0.1, -0.05) is 0 Å². The highest BCUT2D eigenvalue weighted by molar-refractivity contribution is 9.10. The lowest BCUT2D eigenvalue weighted by molar-refractivity contribution is 0.628. The first-order valence-corrected chi connectivity index (χ1v) is 4.80. The number of hydrogen-bond acceptors (Lipinski definition) is 1. The number of aliphatic imine (C=N–C) groups is 1. The average Bonchev–Trinajstić information content (AvgIpc) is 2.11. The molecule has 0 atom stereocenters. The quantitative estimate of drug-likeness (QED) is 0.498. The summed E-state index contributed by atoms with van der Waals surface area (Å²) in [6.45, 7) is 0. The van der Waals surface area contributed by atoms with Gasteiger partial charge in [-0.25, -0.2) is 9.38 Å². The van der Waals surface area contributed by atoms with Crippen molar-refractivity contribution in [2.75, 3.05) is 5.88 Å². The zero-order valence-electron chi connectivity index (χ0n) is 6.60. The Morgan fingerprint density at radius 2 is 2.31 bits per heavy atom. The van der Waals surface area contributed by atoms with E-state index in [-0.39, 0.29) is 17.5 Å². The van der Waals surface area contributed by atoms with E-state index in [1.807, 2.05) is 0 Å². The minimum absolute atomic E-state index is 0.128. The fourth-order valence-electron chi connectivity index (χ4n) is 0.756. The van der Waals surface area contributed by atoms with Crippen LogP contribution >= 0.6 is 27.5 Å². The van der Waals surface area contributed by atoms with Gasteiger partial charge in [-0.05, 0) is 28.1 Å². The molecule has 0 bridgehead atoms. The number of alkyl halides is 1. The van der Waals surface area contributed by atoms with E-state index >= 15 is 0 Å². The molecule has 0 fully saturated rings. The first kappa shape index (κ1) is 10.5. The minimum Gasteiger partial charge on any atom is -0.386 e. The molecule has 0 spiro atoms. The monoisotopic (exact) mass is 264 g/mol. The third kappa shape index (κ3) is 2.97. The lowest BCUT2D eigenvalue weighted by Crippen LogP contribution is -2.12. The molecular weight excluding hydrogens is 258 g/mol. The first-order valence-electron chi connectivity index (χ1n) is 3.47. The molecule has 0 aliphatic rings. The molecule has 0 amide bonds. The van der Waals surface area contributed by atoms with Gasteiger partial charge in [0.1, 0.15) is 11.7 Å². The maximum Gasteiger partial charge on any atom is 0.125 e. The Labute approximate surface area is 88.7 Å². The molecule has 0 saturated heterocycles. The zero-order valence-corrected chi connectivity index (χ0v) is 8.94. The van der Waals surface area contributed by atoms with E-state index in [1.165, 1.54) is 12.1 Å². The van der Waals surface area contributed by atoms with Crippen molar-refractivity contribution in [3.63, 3.8) is 0 Å². The van der Waals surface area contributed by atoms with Crippen LogP contribution < -0.4 is 5.73 Å². The molecule has 1 aromatic rings. The number of halogens is 3. The molecule has 2 N–H and O–H groups in total. The number of benzene rings is 1. The van der Waals surface area contributed by atoms with Gasteiger partial charge >= 0.3 is 0 Å². The molecule has 0 aliphatic carbocycles. The van der Waals surface area contributed by atoms with Crippen LogP contribution in [0.4, 0.5) is 10.1 Å². The van der Waals surface area contributed by atoms with Crippen LogP contribution in [-0.4, -0.2) is 11.7 Å². The number of nitrogens with zero attached hydrogens (tertiary/aromatic N) is 1.